The van der Waals surface area contributed by atoms with Crippen molar-refractivity contribution in [3.05, 3.63) is 58.1 Å². The van der Waals surface area contributed by atoms with Crippen LogP contribution in [-0.2, 0) is 27.8 Å². The summed E-state index contributed by atoms with van der Waals surface area (Å²) in [7, 11) is -1.65. The first-order valence-electron chi connectivity index (χ1n) is 9.60. The van der Waals surface area contributed by atoms with Crippen molar-refractivity contribution in [2.75, 3.05) is 31.6 Å². The number of carbonyl (C=O) groups excluding carboxylic acids is 1. The Hall–Kier alpha value is -1.74. The summed E-state index contributed by atoms with van der Waals surface area (Å²) in [6, 6.07) is 13.6. The molecule has 0 saturated carbocycles. The van der Waals surface area contributed by atoms with Crippen LogP contribution < -0.4 is 9.62 Å². The Bertz CT molecular complexity index is 980. The molecule has 2 aromatic rings. The molecule has 0 bridgehead atoms. The third kappa shape index (κ3) is 5.45. The van der Waals surface area contributed by atoms with Gasteiger partial charge in [0.2, 0.25) is 15.9 Å². The molecule has 0 spiro atoms. The van der Waals surface area contributed by atoms with Gasteiger partial charge in [-0.25, -0.2) is 13.1 Å². The van der Waals surface area contributed by atoms with E-state index >= 15 is 0 Å². The minimum absolute atomic E-state index is 0.0798. The third-order valence-electron chi connectivity index (χ3n) is 5.00. The van der Waals surface area contributed by atoms with Gasteiger partial charge in [0.15, 0.2) is 0 Å². The zero-order valence-corrected chi connectivity index (χ0v) is 19.1. The Morgan fingerprint density at radius 1 is 1.24 bits per heavy atom. The number of sulfonamides is 1. The molecule has 0 saturated heterocycles. The van der Waals surface area contributed by atoms with Gasteiger partial charge in [-0.05, 0) is 65.6 Å². The van der Waals surface area contributed by atoms with Gasteiger partial charge in [-0.2, -0.15) is 0 Å². The number of benzene rings is 2. The van der Waals surface area contributed by atoms with Gasteiger partial charge >= 0.3 is 0 Å². The fourth-order valence-electron chi connectivity index (χ4n) is 3.53. The number of hydrogen-bond acceptors (Lipinski definition) is 4. The van der Waals surface area contributed by atoms with Gasteiger partial charge < -0.3 is 9.80 Å². The fraction of sp³-hybridized carbons (Fsp3) is 0.381. The van der Waals surface area contributed by atoms with Crippen molar-refractivity contribution in [2.24, 2.45) is 0 Å². The quantitative estimate of drug-likeness (QED) is 0.590. The fourth-order valence-corrected chi connectivity index (χ4v) is 5.71. The van der Waals surface area contributed by atoms with Crippen LogP contribution >= 0.6 is 15.9 Å². The van der Waals surface area contributed by atoms with Crippen LogP contribution in [0, 0.1) is 0 Å². The number of nitrogens with one attached hydrogen (secondary N) is 1. The molecule has 1 aliphatic rings. The van der Waals surface area contributed by atoms with Crippen LogP contribution in [0.3, 0.4) is 0 Å². The van der Waals surface area contributed by atoms with Gasteiger partial charge in [0.05, 0.1) is 4.90 Å². The SMILES string of the molecule is CC(=O)N1CCc2cc(Br)c(S(=O)(=O)NCCCN(C)Cc3ccccc3)cc21. The predicted octanol–water partition coefficient (Wildman–Crippen LogP) is 3.16. The molecule has 29 heavy (non-hydrogen) atoms. The molecule has 0 fully saturated rings. The second-order valence-corrected chi connectivity index (χ2v) is 9.90. The van der Waals surface area contributed by atoms with Crippen molar-refractivity contribution in [3.8, 4) is 0 Å². The van der Waals surface area contributed by atoms with E-state index in [1.807, 2.05) is 25.2 Å². The lowest BCUT2D eigenvalue weighted by Gasteiger charge is -2.18. The van der Waals surface area contributed by atoms with Crippen LogP contribution in [0.4, 0.5) is 5.69 Å². The standard InChI is InChI=1S/C21H26BrN3O3S/c1-16(26)25-12-9-18-13-19(22)21(14-20(18)25)29(27,28)23-10-6-11-24(2)15-17-7-4-3-5-8-17/h3-5,7-8,13-14,23H,6,9-12,15H2,1-2H3. The van der Waals surface area contributed by atoms with E-state index in [2.05, 4.69) is 37.7 Å². The average Bonchev–Trinajstić information content (AvgIpc) is 3.08. The van der Waals surface area contributed by atoms with Gasteiger partial charge in [-0.1, -0.05) is 30.3 Å². The number of rotatable bonds is 8. The molecule has 8 heteroatoms. The second kappa shape index (κ2) is 9.38. The molecule has 0 aliphatic carbocycles. The zero-order valence-electron chi connectivity index (χ0n) is 16.7. The maximum Gasteiger partial charge on any atom is 0.241 e. The first-order chi connectivity index (χ1) is 13.8. The number of halogens is 1. The Labute approximate surface area is 181 Å². The Balaban J connectivity index is 1.59. The molecule has 0 aromatic heterocycles. The molecule has 156 valence electrons. The van der Waals surface area contributed by atoms with Crippen LogP contribution in [-0.4, -0.2) is 45.9 Å². The van der Waals surface area contributed by atoms with E-state index in [4.69, 9.17) is 0 Å². The summed E-state index contributed by atoms with van der Waals surface area (Å²) < 4.78 is 28.8. The summed E-state index contributed by atoms with van der Waals surface area (Å²) in [6.45, 7) is 4.03. The van der Waals surface area contributed by atoms with E-state index in [1.165, 1.54) is 12.5 Å². The number of anilines is 1. The molecule has 1 amide bonds. The molecule has 1 heterocycles. The zero-order chi connectivity index (χ0) is 21.0. The number of nitrogens with zero attached hydrogens (tertiary/aromatic N) is 2. The van der Waals surface area contributed by atoms with Gasteiger partial charge in [0.1, 0.15) is 0 Å². The molecule has 2 aromatic carbocycles. The van der Waals surface area contributed by atoms with E-state index in [1.54, 1.807) is 17.0 Å². The second-order valence-electron chi connectivity index (χ2n) is 7.31. The monoisotopic (exact) mass is 479 g/mol. The number of amides is 1. The van der Waals surface area contributed by atoms with Gasteiger partial charge in [0.25, 0.3) is 0 Å². The molecule has 0 radical (unpaired) electrons. The summed E-state index contributed by atoms with van der Waals surface area (Å²) >= 11 is 3.38. The molecular weight excluding hydrogens is 454 g/mol. The lowest BCUT2D eigenvalue weighted by molar-refractivity contribution is -0.116. The highest BCUT2D eigenvalue weighted by Gasteiger charge is 2.27. The number of carbonyl (C=O) groups is 1. The van der Waals surface area contributed by atoms with Crippen molar-refractivity contribution in [1.29, 1.82) is 0 Å². The van der Waals surface area contributed by atoms with Crippen LogP contribution in [0.2, 0.25) is 0 Å². The van der Waals surface area contributed by atoms with E-state index in [9.17, 15) is 13.2 Å². The molecule has 1 aliphatic heterocycles. The van der Waals surface area contributed by atoms with Crippen molar-refractivity contribution in [3.63, 3.8) is 0 Å². The van der Waals surface area contributed by atoms with Crippen LogP contribution in [0.1, 0.15) is 24.5 Å². The minimum Gasteiger partial charge on any atom is -0.312 e. The highest BCUT2D eigenvalue weighted by atomic mass is 79.9. The summed E-state index contributed by atoms with van der Waals surface area (Å²) in [5, 5.41) is 0. The molecule has 6 nitrogen and oxygen atoms in total. The Morgan fingerprint density at radius 2 is 1.97 bits per heavy atom. The normalized spacial score (nSPS) is 13.7. The highest BCUT2D eigenvalue weighted by molar-refractivity contribution is 9.10. The number of fused-ring (bicyclic) bond motifs is 1. The van der Waals surface area contributed by atoms with E-state index < -0.39 is 10.0 Å². The van der Waals surface area contributed by atoms with E-state index in [0.717, 1.165) is 25.1 Å². The first-order valence-corrected chi connectivity index (χ1v) is 11.9. The maximum atomic E-state index is 12.8. The molecular formula is C21H26BrN3O3S. The van der Waals surface area contributed by atoms with E-state index in [-0.39, 0.29) is 10.8 Å². The average molecular weight is 480 g/mol. The molecule has 0 unspecified atom stereocenters. The molecule has 3 rings (SSSR count). The predicted molar refractivity (Wildman–Crippen MR) is 118 cm³/mol. The van der Waals surface area contributed by atoms with Gasteiger partial charge in [-0.3, -0.25) is 4.79 Å². The van der Waals surface area contributed by atoms with Crippen molar-refractivity contribution >= 4 is 37.5 Å². The Kier molecular flexibility index (Phi) is 7.10. The Morgan fingerprint density at radius 3 is 2.66 bits per heavy atom. The van der Waals surface area contributed by atoms with Gasteiger partial charge in [-0.15, -0.1) is 0 Å². The third-order valence-corrected chi connectivity index (χ3v) is 7.42. The van der Waals surface area contributed by atoms with Crippen molar-refractivity contribution in [2.45, 2.75) is 31.2 Å². The van der Waals surface area contributed by atoms with Crippen LogP contribution in [0.5, 0.6) is 0 Å². The summed E-state index contributed by atoms with van der Waals surface area (Å²) in [5.74, 6) is -0.0798. The van der Waals surface area contributed by atoms with Crippen molar-refractivity contribution in [1.82, 2.24) is 9.62 Å². The summed E-state index contributed by atoms with van der Waals surface area (Å²) in [6.07, 6.45) is 1.43. The van der Waals surface area contributed by atoms with Crippen LogP contribution in [0.25, 0.3) is 0 Å². The molecule has 1 N–H and O–H groups in total. The van der Waals surface area contributed by atoms with Crippen molar-refractivity contribution < 1.29 is 13.2 Å². The maximum absolute atomic E-state index is 12.8. The topological polar surface area (TPSA) is 69.7 Å². The van der Waals surface area contributed by atoms with E-state index in [0.29, 0.717) is 29.7 Å². The largest absolute Gasteiger partial charge is 0.312 e. The lowest BCUT2D eigenvalue weighted by Crippen LogP contribution is -2.29. The molecule has 0 atom stereocenters. The summed E-state index contributed by atoms with van der Waals surface area (Å²) in [5.41, 5.74) is 2.89. The smallest absolute Gasteiger partial charge is 0.241 e. The van der Waals surface area contributed by atoms with Crippen LogP contribution in [0.15, 0.2) is 51.8 Å². The van der Waals surface area contributed by atoms with Gasteiger partial charge in [0, 0.05) is 36.7 Å². The highest BCUT2D eigenvalue weighted by Crippen LogP contribution is 2.35. The number of hydrogen-bond donors (Lipinski definition) is 1. The lowest BCUT2D eigenvalue weighted by atomic mass is 10.2. The summed E-state index contributed by atoms with van der Waals surface area (Å²) in [4.78, 5) is 15.8. The first kappa shape index (κ1) is 22.0. The minimum atomic E-state index is -3.67.